The maximum absolute atomic E-state index is 3.24. The Morgan fingerprint density at radius 1 is 0.880 bits per heavy atom. The number of hydrogen-bond acceptors (Lipinski definition) is 0. The minimum absolute atomic E-state index is 0.604. The largest absolute Gasteiger partial charge is 0.250 e. The lowest BCUT2D eigenvalue weighted by Gasteiger charge is -2.25. The number of aromatic nitrogens is 2. The van der Waals surface area contributed by atoms with Crippen molar-refractivity contribution in [2.45, 2.75) is 84.1 Å². The molecule has 0 saturated heterocycles. The van der Waals surface area contributed by atoms with Crippen LogP contribution in [0.15, 0.2) is 49.1 Å². The van der Waals surface area contributed by atoms with E-state index in [9.17, 15) is 0 Å². The van der Waals surface area contributed by atoms with E-state index in [1.54, 1.807) is 0 Å². The van der Waals surface area contributed by atoms with Gasteiger partial charge in [0, 0.05) is 5.92 Å². The van der Waals surface area contributed by atoms with Gasteiger partial charge in [-0.3, -0.25) is 4.98 Å². The lowest BCUT2D eigenvalue weighted by molar-refractivity contribution is -0.730. The fourth-order valence-corrected chi connectivity index (χ4v) is 3.97. The maximum atomic E-state index is 3.24. The standard InChI is InChI=1S/C23H36N2/c1-3-5-6-7-8-12-16-22(19-21-14-10-9-11-15-21)23(13-4-2)25-18-17-24-20-25/h9-11,14-15,17-18,20,22-23H,3-8,12-13,16,19H2,1-2H3/p+1. The normalized spacial score (nSPS) is 13.7. The highest BCUT2D eigenvalue weighted by molar-refractivity contribution is 5.15. The second-order valence-electron chi connectivity index (χ2n) is 7.42. The first-order chi connectivity index (χ1) is 12.3. The molecule has 1 N–H and O–H groups in total. The van der Waals surface area contributed by atoms with Crippen LogP contribution in [-0.4, -0.2) is 4.98 Å². The molecule has 0 aliphatic rings. The Kier molecular flexibility index (Phi) is 9.40. The summed E-state index contributed by atoms with van der Waals surface area (Å²) in [5.74, 6) is 0.717. The van der Waals surface area contributed by atoms with Gasteiger partial charge >= 0.3 is 0 Å². The molecule has 2 aromatic rings. The average Bonchev–Trinajstić information content (AvgIpc) is 3.17. The summed E-state index contributed by atoms with van der Waals surface area (Å²) in [6.45, 7) is 4.60. The molecule has 0 aliphatic carbocycles. The molecular formula is C23H37N2+. The molecule has 2 nitrogen and oxygen atoms in total. The van der Waals surface area contributed by atoms with Crippen molar-refractivity contribution in [1.29, 1.82) is 0 Å². The third-order valence-electron chi connectivity index (χ3n) is 5.35. The predicted molar refractivity (Wildman–Crippen MR) is 107 cm³/mol. The second-order valence-corrected chi connectivity index (χ2v) is 7.42. The van der Waals surface area contributed by atoms with E-state index in [0.29, 0.717) is 12.0 Å². The topological polar surface area (TPSA) is 19.7 Å². The number of nitrogens with one attached hydrogen (secondary N) is 1. The smallest absolute Gasteiger partial charge is 0.241 e. The zero-order valence-corrected chi connectivity index (χ0v) is 16.3. The summed E-state index contributed by atoms with van der Waals surface area (Å²) >= 11 is 0. The lowest BCUT2D eigenvalue weighted by Crippen LogP contribution is -2.42. The molecule has 2 atom stereocenters. The van der Waals surface area contributed by atoms with Gasteiger partial charge in [0.15, 0.2) is 0 Å². The van der Waals surface area contributed by atoms with Crippen molar-refractivity contribution < 1.29 is 4.57 Å². The van der Waals surface area contributed by atoms with Gasteiger partial charge in [-0.2, -0.15) is 0 Å². The molecule has 0 aliphatic heterocycles. The molecule has 1 aromatic carbocycles. The molecule has 0 amide bonds. The van der Waals surface area contributed by atoms with Gasteiger partial charge in [-0.1, -0.05) is 89.1 Å². The summed E-state index contributed by atoms with van der Waals surface area (Å²) in [5.41, 5.74) is 1.48. The van der Waals surface area contributed by atoms with Crippen LogP contribution in [0.3, 0.4) is 0 Å². The van der Waals surface area contributed by atoms with Gasteiger partial charge in [0.25, 0.3) is 0 Å². The number of benzene rings is 1. The third-order valence-corrected chi connectivity index (χ3v) is 5.35. The number of rotatable bonds is 13. The van der Waals surface area contributed by atoms with Crippen LogP contribution >= 0.6 is 0 Å². The monoisotopic (exact) mass is 341 g/mol. The first-order valence-corrected chi connectivity index (χ1v) is 10.4. The number of H-pyrrole nitrogens is 1. The SMILES string of the molecule is CCCCCCCCC(Cc1ccccc1)C(CCC)[n+]1cc[nH]c1. The van der Waals surface area contributed by atoms with E-state index >= 15 is 0 Å². The van der Waals surface area contributed by atoms with E-state index in [1.165, 1.54) is 69.8 Å². The van der Waals surface area contributed by atoms with Gasteiger partial charge in [-0.15, -0.1) is 0 Å². The summed E-state index contributed by atoms with van der Waals surface area (Å²) < 4.78 is 2.41. The number of imidazole rings is 1. The van der Waals surface area contributed by atoms with Crippen LogP contribution in [-0.2, 0) is 6.42 Å². The van der Waals surface area contributed by atoms with Crippen molar-refractivity contribution in [3.8, 4) is 0 Å². The zero-order chi connectivity index (χ0) is 17.7. The molecule has 0 saturated carbocycles. The van der Waals surface area contributed by atoms with Crippen molar-refractivity contribution in [3.63, 3.8) is 0 Å². The summed E-state index contributed by atoms with van der Waals surface area (Å²) in [4.78, 5) is 3.24. The van der Waals surface area contributed by atoms with E-state index in [1.807, 2.05) is 6.20 Å². The molecule has 1 heterocycles. The molecule has 1 aromatic heterocycles. The summed E-state index contributed by atoms with van der Waals surface area (Å²) in [6.07, 6.45) is 19.7. The Hall–Kier alpha value is -1.57. The maximum Gasteiger partial charge on any atom is 0.241 e. The molecule has 2 unspecified atom stereocenters. The molecule has 2 rings (SSSR count). The quantitative estimate of drug-likeness (QED) is 0.328. The van der Waals surface area contributed by atoms with Gasteiger partial charge in [0.05, 0.1) is 0 Å². The Morgan fingerprint density at radius 2 is 1.64 bits per heavy atom. The minimum Gasteiger partial charge on any atom is -0.250 e. The van der Waals surface area contributed by atoms with Gasteiger partial charge in [0.1, 0.15) is 18.4 Å². The van der Waals surface area contributed by atoms with Crippen LogP contribution in [0, 0.1) is 5.92 Å². The van der Waals surface area contributed by atoms with E-state index in [0.717, 1.165) is 0 Å². The van der Waals surface area contributed by atoms with Crippen LogP contribution < -0.4 is 4.57 Å². The first kappa shape index (κ1) is 19.8. The Morgan fingerprint density at radius 3 is 2.32 bits per heavy atom. The van der Waals surface area contributed by atoms with E-state index in [2.05, 4.69) is 66.3 Å². The van der Waals surface area contributed by atoms with Crippen LogP contribution in [0.1, 0.15) is 83.2 Å². The number of unbranched alkanes of at least 4 members (excludes halogenated alkanes) is 5. The number of aromatic amines is 1. The number of nitrogens with zero attached hydrogens (tertiary/aromatic N) is 1. The third kappa shape index (κ3) is 7.05. The van der Waals surface area contributed by atoms with Crippen molar-refractivity contribution in [2.75, 3.05) is 0 Å². The average molecular weight is 342 g/mol. The lowest BCUT2D eigenvalue weighted by atomic mass is 9.85. The highest BCUT2D eigenvalue weighted by atomic mass is 15.1. The summed E-state index contributed by atoms with van der Waals surface area (Å²) in [5, 5.41) is 0. The Bertz CT molecular complexity index is 532. The molecule has 25 heavy (non-hydrogen) atoms. The highest BCUT2D eigenvalue weighted by Crippen LogP contribution is 2.28. The molecule has 2 heteroatoms. The van der Waals surface area contributed by atoms with Crippen molar-refractivity contribution in [1.82, 2.24) is 4.98 Å². The Labute approximate surface area is 154 Å². The van der Waals surface area contributed by atoms with Crippen molar-refractivity contribution in [2.24, 2.45) is 5.92 Å². The van der Waals surface area contributed by atoms with Crippen LogP contribution in [0.5, 0.6) is 0 Å². The van der Waals surface area contributed by atoms with Gasteiger partial charge in [-0.05, 0) is 24.8 Å². The highest BCUT2D eigenvalue weighted by Gasteiger charge is 2.26. The molecule has 0 radical (unpaired) electrons. The predicted octanol–water partition coefficient (Wildman–Crippen LogP) is 6.25. The van der Waals surface area contributed by atoms with Crippen molar-refractivity contribution in [3.05, 3.63) is 54.6 Å². The molecule has 138 valence electrons. The van der Waals surface area contributed by atoms with Crippen LogP contribution in [0.4, 0.5) is 0 Å². The molecular weight excluding hydrogens is 304 g/mol. The summed E-state index contributed by atoms with van der Waals surface area (Å²) in [7, 11) is 0. The molecule has 0 bridgehead atoms. The Balaban J connectivity index is 1.99. The van der Waals surface area contributed by atoms with Gasteiger partial charge in [0.2, 0.25) is 6.33 Å². The second kappa shape index (κ2) is 11.9. The van der Waals surface area contributed by atoms with Gasteiger partial charge < -0.3 is 0 Å². The fraction of sp³-hybridized carbons (Fsp3) is 0.609. The van der Waals surface area contributed by atoms with Crippen LogP contribution in [0.25, 0.3) is 0 Å². The van der Waals surface area contributed by atoms with E-state index in [4.69, 9.17) is 0 Å². The fourth-order valence-electron chi connectivity index (χ4n) is 3.97. The van der Waals surface area contributed by atoms with Crippen molar-refractivity contribution >= 4 is 0 Å². The summed E-state index contributed by atoms with van der Waals surface area (Å²) in [6, 6.07) is 11.7. The molecule has 0 spiro atoms. The zero-order valence-electron chi connectivity index (χ0n) is 16.3. The first-order valence-electron chi connectivity index (χ1n) is 10.4. The minimum atomic E-state index is 0.604. The van der Waals surface area contributed by atoms with Gasteiger partial charge in [-0.25, -0.2) is 4.57 Å². The van der Waals surface area contributed by atoms with E-state index in [-0.39, 0.29) is 0 Å². The number of hydrogen-bond donors (Lipinski definition) is 1. The molecule has 0 fully saturated rings. The van der Waals surface area contributed by atoms with E-state index < -0.39 is 0 Å². The van der Waals surface area contributed by atoms with Crippen LogP contribution in [0.2, 0.25) is 0 Å².